The number of imide groups is 1. The minimum absolute atomic E-state index is 0.0808. The van der Waals surface area contributed by atoms with Crippen LogP contribution in [0.5, 0.6) is 5.75 Å². The molecule has 1 rings (SSSR count). The minimum Gasteiger partial charge on any atom is -0.456 e. The van der Waals surface area contributed by atoms with Crippen LogP contribution in [0.25, 0.3) is 0 Å². The number of esters is 1. The van der Waals surface area contributed by atoms with Crippen LogP contribution in [0.2, 0.25) is 0 Å². The quantitative estimate of drug-likeness (QED) is 0.740. The van der Waals surface area contributed by atoms with Gasteiger partial charge in [-0.05, 0) is 30.7 Å². The van der Waals surface area contributed by atoms with Crippen molar-refractivity contribution in [2.24, 2.45) is 0 Å². The van der Waals surface area contributed by atoms with Crippen LogP contribution in [0.1, 0.15) is 36.5 Å². The molecule has 0 fully saturated rings. The lowest BCUT2D eigenvalue weighted by Gasteiger charge is -2.07. The zero-order valence-corrected chi connectivity index (χ0v) is 12.5. The summed E-state index contributed by atoms with van der Waals surface area (Å²) in [5.74, 6) is -2.12. The van der Waals surface area contributed by atoms with Crippen LogP contribution >= 0.6 is 0 Å². The summed E-state index contributed by atoms with van der Waals surface area (Å²) in [5, 5.41) is 2.02. The van der Waals surface area contributed by atoms with E-state index in [2.05, 4.69) is 4.74 Å². The van der Waals surface area contributed by atoms with E-state index in [-0.39, 0.29) is 17.7 Å². The molecule has 1 aromatic carbocycles. The minimum atomic E-state index is -2.96. The van der Waals surface area contributed by atoms with E-state index in [0.717, 1.165) is 6.42 Å². The average molecular weight is 329 g/mol. The number of hydrogen-bond acceptors (Lipinski definition) is 5. The van der Waals surface area contributed by atoms with Gasteiger partial charge in [-0.2, -0.15) is 8.78 Å². The summed E-state index contributed by atoms with van der Waals surface area (Å²) >= 11 is 0. The smallest absolute Gasteiger partial charge is 0.387 e. The molecule has 0 aromatic heterocycles. The molecule has 0 aliphatic rings. The van der Waals surface area contributed by atoms with Gasteiger partial charge in [0.1, 0.15) is 5.75 Å². The Hall–Kier alpha value is -2.51. The Labute approximate surface area is 131 Å². The second kappa shape index (κ2) is 9.50. The molecule has 0 unspecified atom stereocenters. The number of alkyl halides is 2. The van der Waals surface area contributed by atoms with E-state index in [0.29, 0.717) is 6.42 Å². The maximum absolute atomic E-state index is 12.0. The standard InChI is InChI=1S/C15H17F2NO5/c1-2-3-4-13(20)22-9-12(19)18-14(21)10-5-7-11(8-6-10)23-15(16)17/h5-8,15H,2-4,9H2,1H3,(H,18,19,21). The van der Waals surface area contributed by atoms with Crippen molar-refractivity contribution in [2.75, 3.05) is 6.61 Å². The van der Waals surface area contributed by atoms with E-state index >= 15 is 0 Å². The third-order valence-corrected chi connectivity index (χ3v) is 2.69. The molecule has 6 nitrogen and oxygen atoms in total. The highest BCUT2D eigenvalue weighted by Crippen LogP contribution is 2.14. The van der Waals surface area contributed by atoms with Gasteiger partial charge in [0.15, 0.2) is 6.61 Å². The molecule has 126 valence electrons. The number of ether oxygens (including phenoxy) is 2. The normalized spacial score (nSPS) is 10.3. The van der Waals surface area contributed by atoms with Crippen molar-refractivity contribution in [3.8, 4) is 5.75 Å². The first-order valence-electron chi connectivity index (χ1n) is 6.97. The number of unbranched alkanes of at least 4 members (excludes halogenated alkanes) is 1. The SMILES string of the molecule is CCCCC(=O)OCC(=O)NC(=O)c1ccc(OC(F)F)cc1. The third kappa shape index (κ3) is 7.35. The van der Waals surface area contributed by atoms with Crippen LogP contribution in [-0.4, -0.2) is 31.0 Å². The van der Waals surface area contributed by atoms with Gasteiger partial charge in [0.05, 0.1) is 0 Å². The molecule has 0 heterocycles. The van der Waals surface area contributed by atoms with E-state index in [1.54, 1.807) is 0 Å². The zero-order chi connectivity index (χ0) is 17.2. The van der Waals surface area contributed by atoms with Gasteiger partial charge < -0.3 is 9.47 Å². The van der Waals surface area contributed by atoms with E-state index in [4.69, 9.17) is 4.74 Å². The number of halogens is 2. The van der Waals surface area contributed by atoms with Crippen molar-refractivity contribution in [2.45, 2.75) is 32.8 Å². The molecule has 0 saturated heterocycles. The molecule has 2 amide bonds. The first kappa shape index (κ1) is 18.5. The predicted octanol–water partition coefficient (Wildman–Crippen LogP) is 2.28. The Morgan fingerprint density at radius 2 is 1.83 bits per heavy atom. The Morgan fingerprint density at radius 1 is 1.17 bits per heavy atom. The molecule has 23 heavy (non-hydrogen) atoms. The van der Waals surface area contributed by atoms with Gasteiger partial charge in [-0.3, -0.25) is 19.7 Å². The summed E-state index contributed by atoms with van der Waals surface area (Å²) in [7, 11) is 0. The van der Waals surface area contributed by atoms with Gasteiger partial charge in [0, 0.05) is 12.0 Å². The summed E-state index contributed by atoms with van der Waals surface area (Å²) in [6.07, 6.45) is 1.70. The molecule has 0 saturated carbocycles. The summed E-state index contributed by atoms with van der Waals surface area (Å²) < 4.78 is 32.8. The van der Waals surface area contributed by atoms with Crippen molar-refractivity contribution >= 4 is 17.8 Å². The number of amides is 2. The number of carbonyl (C=O) groups excluding carboxylic acids is 3. The van der Waals surface area contributed by atoms with Gasteiger partial charge in [-0.1, -0.05) is 13.3 Å². The van der Waals surface area contributed by atoms with Crippen LogP contribution in [0.3, 0.4) is 0 Å². The molecule has 0 bridgehead atoms. The van der Waals surface area contributed by atoms with Crippen molar-refractivity contribution in [1.82, 2.24) is 5.32 Å². The number of nitrogens with one attached hydrogen (secondary N) is 1. The van der Waals surface area contributed by atoms with Crippen molar-refractivity contribution < 1.29 is 32.6 Å². The van der Waals surface area contributed by atoms with Crippen LogP contribution in [0.15, 0.2) is 24.3 Å². The fraction of sp³-hybridized carbons (Fsp3) is 0.400. The average Bonchev–Trinajstić information content (AvgIpc) is 2.51. The summed E-state index contributed by atoms with van der Waals surface area (Å²) in [6, 6.07) is 4.81. The first-order valence-corrected chi connectivity index (χ1v) is 6.97. The first-order chi connectivity index (χ1) is 10.9. The Kier molecular flexibility index (Phi) is 7.65. The van der Waals surface area contributed by atoms with Gasteiger partial charge >= 0.3 is 12.6 Å². The summed E-state index contributed by atoms with van der Waals surface area (Å²) in [5.41, 5.74) is 0.0808. The molecule has 0 aliphatic heterocycles. The van der Waals surface area contributed by atoms with Gasteiger partial charge in [-0.15, -0.1) is 0 Å². The van der Waals surface area contributed by atoms with Crippen LogP contribution in [0.4, 0.5) is 8.78 Å². The Balaban J connectivity index is 2.42. The highest BCUT2D eigenvalue weighted by molar-refractivity contribution is 6.05. The third-order valence-electron chi connectivity index (χ3n) is 2.69. The predicted molar refractivity (Wildman–Crippen MR) is 76.0 cm³/mol. The molecular formula is C15H17F2NO5. The summed E-state index contributed by atoms with van der Waals surface area (Å²) in [4.78, 5) is 34.5. The fourth-order valence-corrected chi connectivity index (χ4v) is 1.56. The molecule has 1 N–H and O–H groups in total. The maximum atomic E-state index is 12.0. The second-order valence-electron chi connectivity index (χ2n) is 4.54. The topological polar surface area (TPSA) is 81.7 Å². The molecule has 0 atom stereocenters. The van der Waals surface area contributed by atoms with Gasteiger partial charge in [0.2, 0.25) is 0 Å². The molecular weight excluding hydrogens is 312 g/mol. The zero-order valence-electron chi connectivity index (χ0n) is 12.5. The van der Waals surface area contributed by atoms with Crippen molar-refractivity contribution in [3.63, 3.8) is 0 Å². The number of rotatable bonds is 8. The van der Waals surface area contributed by atoms with Gasteiger partial charge in [0.25, 0.3) is 11.8 Å². The van der Waals surface area contributed by atoms with Gasteiger partial charge in [-0.25, -0.2) is 0 Å². The monoisotopic (exact) mass is 329 g/mol. The van der Waals surface area contributed by atoms with Crippen LogP contribution in [-0.2, 0) is 14.3 Å². The molecule has 8 heteroatoms. The Morgan fingerprint density at radius 3 is 2.39 bits per heavy atom. The van der Waals surface area contributed by atoms with E-state index in [1.165, 1.54) is 24.3 Å². The summed E-state index contributed by atoms with van der Waals surface area (Å²) in [6.45, 7) is -1.60. The number of carbonyl (C=O) groups is 3. The van der Waals surface area contributed by atoms with Crippen LogP contribution < -0.4 is 10.1 Å². The second-order valence-corrected chi connectivity index (χ2v) is 4.54. The number of hydrogen-bond donors (Lipinski definition) is 1. The lowest BCUT2D eigenvalue weighted by atomic mass is 10.2. The Bertz CT molecular complexity index is 545. The lowest BCUT2D eigenvalue weighted by molar-refractivity contribution is -0.148. The molecule has 0 aliphatic carbocycles. The fourth-order valence-electron chi connectivity index (χ4n) is 1.56. The highest BCUT2D eigenvalue weighted by atomic mass is 19.3. The van der Waals surface area contributed by atoms with E-state index in [1.807, 2.05) is 12.2 Å². The van der Waals surface area contributed by atoms with Crippen molar-refractivity contribution in [1.29, 1.82) is 0 Å². The largest absolute Gasteiger partial charge is 0.456 e. The molecule has 0 spiro atoms. The molecule has 0 radical (unpaired) electrons. The van der Waals surface area contributed by atoms with Crippen molar-refractivity contribution in [3.05, 3.63) is 29.8 Å². The van der Waals surface area contributed by atoms with E-state index in [9.17, 15) is 23.2 Å². The van der Waals surface area contributed by atoms with Crippen LogP contribution in [0, 0.1) is 0 Å². The lowest BCUT2D eigenvalue weighted by Crippen LogP contribution is -2.34. The van der Waals surface area contributed by atoms with E-state index < -0.39 is 31.0 Å². The maximum Gasteiger partial charge on any atom is 0.387 e. The number of benzene rings is 1. The molecule has 1 aromatic rings. The highest BCUT2D eigenvalue weighted by Gasteiger charge is 2.13.